The molecule has 0 spiro atoms. The molecule has 0 amide bonds. The molecular weight excluding hydrogens is 240 g/mol. The minimum absolute atomic E-state index is 0.868. The van der Waals surface area contributed by atoms with Crippen LogP contribution in [0, 0.1) is 0 Å². The van der Waals surface area contributed by atoms with Gasteiger partial charge in [0.25, 0.3) is 0 Å². The van der Waals surface area contributed by atoms with Gasteiger partial charge in [-0.3, -0.25) is 4.98 Å². The first kappa shape index (κ1) is 13.7. The van der Waals surface area contributed by atoms with Crippen LogP contribution < -0.4 is 5.32 Å². The highest BCUT2D eigenvalue weighted by Crippen LogP contribution is 2.30. The molecule has 1 aromatic rings. The Morgan fingerprint density at radius 1 is 1.33 bits per heavy atom. The fraction of sp³-hybridized carbons (Fsp3) is 0.667. The van der Waals surface area contributed by atoms with Gasteiger partial charge in [-0.1, -0.05) is 26.2 Å². The summed E-state index contributed by atoms with van der Waals surface area (Å²) in [5.74, 6) is 1.06. The standard InChI is InChI=1S/C15H24N2S/c1-2-9-16-13-8-10-17-14(11-13)12-18-15-6-4-3-5-7-15/h8,10-11,15H,2-7,9,12H2,1H3,(H,16,17). The lowest BCUT2D eigenvalue weighted by atomic mass is 10.0. The molecule has 0 unspecified atom stereocenters. The second-order valence-electron chi connectivity index (χ2n) is 5.03. The second kappa shape index (κ2) is 7.67. The summed E-state index contributed by atoms with van der Waals surface area (Å²) in [7, 11) is 0. The van der Waals surface area contributed by atoms with Crippen LogP contribution in [0.4, 0.5) is 5.69 Å². The third kappa shape index (κ3) is 4.52. The first-order chi connectivity index (χ1) is 8.88. The minimum Gasteiger partial charge on any atom is -0.385 e. The lowest BCUT2D eigenvalue weighted by molar-refractivity contribution is 0.516. The van der Waals surface area contributed by atoms with Gasteiger partial charge in [-0.2, -0.15) is 11.8 Å². The lowest BCUT2D eigenvalue weighted by Crippen LogP contribution is -2.08. The van der Waals surface area contributed by atoms with Gasteiger partial charge >= 0.3 is 0 Å². The molecule has 1 fully saturated rings. The van der Waals surface area contributed by atoms with Gasteiger partial charge in [0.15, 0.2) is 0 Å². The molecule has 0 bridgehead atoms. The summed E-state index contributed by atoms with van der Waals surface area (Å²) in [5.41, 5.74) is 2.43. The van der Waals surface area contributed by atoms with Gasteiger partial charge < -0.3 is 5.32 Å². The highest BCUT2D eigenvalue weighted by molar-refractivity contribution is 7.99. The largest absolute Gasteiger partial charge is 0.385 e. The number of hydrogen-bond acceptors (Lipinski definition) is 3. The van der Waals surface area contributed by atoms with Gasteiger partial charge in [-0.25, -0.2) is 0 Å². The van der Waals surface area contributed by atoms with Crippen LogP contribution in [-0.4, -0.2) is 16.8 Å². The van der Waals surface area contributed by atoms with Crippen LogP contribution in [0.5, 0.6) is 0 Å². The van der Waals surface area contributed by atoms with E-state index < -0.39 is 0 Å². The van der Waals surface area contributed by atoms with Crippen LogP contribution in [-0.2, 0) is 5.75 Å². The van der Waals surface area contributed by atoms with Crippen molar-refractivity contribution < 1.29 is 0 Å². The van der Waals surface area contributed by atoms with E-state index in [1.165, 1.54) is 43.5 Å². The molecule has 1 saturated carbocycles. The van der Waals surface area contributed by atoms with Crippen molar-refractivity contribution >= 4 is 17.4 Å². The number of nitrogens with one attached hydrogen (secondary N) is 1. The van der Waals surface area contributed by atoms with Crippen LogP contribution in [0.2, 0.25) is 0 Å². The van der Waals surface area contributed by atoms with Gasteiger partial charge in [0.05, 0.1) is 5.69 Å². The molecule has 0 saturated heterocycles. The van der Waals surface area contributed by atoms with Crippen molar-refractivity contribution in [2.45, 2.75) is 56.5 Å². The highest BCUT2D eigenvalue weighted by Gasteiger charge is 2.13. The Labute approximate surface area is 115 Å². The molecular formula is C15H24N2S. The van der Waals surface area contributed by atoms with Crippen molar-refractivity contribution in [1.82, 2.24) is 4.98 Å². The molecule has 1 N–H and O–H groups in total. The minimum atomic E-state index is 0.868. The summed E-state index contributed by atoms with van der Waals surface area (Å²) in [6, 6.07) is 4.26. The molecule has 3 heteroatoms. The maximum atomic E-state index is 4.47. The molecule has 100 valence electrons. The zero-order valence-corrected chi connectivity index (χ0v) is 12.1. The summed E-state index contributed by atoms with van der Waals surface area (Å²) in [6.07, 6.45) is 10.2. The Bertz CT molecular complexity index is 348. The second-order valence-corrected chi connectivity index (χ2v) is 6.32. The van der Waals surface area contributed by atoms with Crippen molar-refractivity contribution in [1.29, 1.82) is 0 Å². The average Bonchev–Trinajstić information content (AvgIpc) is 2.44. The Morgan fingerprint density at radius 2 is 2.17 bits per heavy atom. The van der Waals surface area contributed by atoms with E-state index in [-0.39, 0.29) is 0 Å². The predicted molar refractivity (Wildman–Crippen MR) is 81.2 cm³/mol. The number of anilines is 1. The number of pyridine rings is 1. The van der Waals surface area contributed by atoms with Crippen LogP contribution in [0.3, 0.4) is 0 Å². The number of thioether (sulfide) groups is 1. The quantitative estimate of drug-likeness (QED) is 0.820. The van der Waals surface area contributed by atoms with Gasteiger partial charge in [0.2, 0.25) is 0 Å². The first-order valence-corrected chi connectivity index (χ1v) is 8.24. The molecule has 0 aliphatic heterocycles. The molecule has 18 heavy (non-hydrogen) atoms. The predicted octanol–water partition coefficient (Wildman–Crippen LogP) is 4.47. The van der Waals surface area contributed by atoms with Gasteiger partial charge in [-0.15, -0.1) is 0 Å². The number of nitrogens with zero attached hydrogens (tertiary/aromatic N) is 1. The van der Waals surface area contributed by atoms with Crippen molar-refractivity contribution in [3.63, 3.8) is 0 Å². The maximum Gasteiger partial charge on any atom is 0.0523 e. The van der Waals surface area contributed by atoms with E-state index >= 15 is 0 Å². The van der Waals surface area contributed by atoms with Gasteiger partial charge in [-0.05, 0) is 31.4 Å². The topological polar surface area (TPSA) is 24.9 Å². The molecule has 1 aliphatic rings. The first-order valence-electron chi connectivity index (χ1n) is 7.19. The normalized spacial score (nSPS) is 16.7. The van der Waals surface area contributed by atoms with Crippen LogP contribution in [0.15, 0.2) is 18.3 Å². The molecule has 1 aromatic heterocycles. The monoisotopic (exact) mass is 264 g/mol. The molecule has 0 aromatic carbocycles. The summed E-state index contributed by atoms with van der Waals surface area (Å²) >= 11 is 2.09. The van der Waals surface area contributed by atoms with Crippen molar-refractivity contribution in [3.8, 4) is 0 Å². The van der Waals surface area contributed by atoms with Crippen LogP contribution in [0.1, 0.15) is 51.1 Å². The Balaban J connectivity index is 1.80. The van der Waals surface area contributed by atoms with Crippen molar-refractivity contribution in [3.05, 3.63) is 24.0 Å². The van der Waals surface area contributed by atoms with E-state index in [1.807, 2.05) is 6.20 Å². The zero-order chi connectivity index (χ0) is 12.6. The maximum absolute atomic E-state index is 4.47. The Morgan fingerprint density at radius 3 is 2.94 bits per heavy atom. The Hall–Kier alpha value is -0.700. The lowest BCUT2D eigenvalue weighted by Gasteiger charge is -2.20. The SMILES string of the molecule is CCCNc1ccnc(CSC2CCCCC2)c1. The van der Waals surface area contributed by atoms with E-state index in [4.69, 9.17) is 0 Å². The van der Waals surface area contributed by atoms with E-state index in [0.717, 1.165) is 24.0 Å². The third-order valence-corrected chi connectivity index (χ3v) is 4.82. The summed E-state index contributed by atoms with van der Waals surface area (Å²) in [5, 5.41) is 4.29. The number of rotatable bonds is 6. The zero-order valence-electron chi connectivity index (χ0n) is 11.3. The summed E-state index contributed by atoms with van der Waals surface area (Å²) < 4.78 is 0. The molecule has 0 radical (unpaired) electrons. The van der Waals surface area contributed by atoms with E-state index in [2.05, 4.69) is 41.1 Å². The molecule has 1 aliphatic carbocycles. The molecule has 2 nitrogen and oxygen atoms in total. The smallest absolute Gasteiger partial charge is 0.0523 e. The fourth-order valence-electron chi connectivity index (χ4n) is 2.37. The summed E-state index contributed by atoms with van der Waals surface area (Å²) in [4.78, 5) is 4.47. The van der Waals surface area contributed by atoms with Crippen molar-refractivity contribution in [2.75, 3.05) is 11.9 Å². The number of hydrogen-bond donors (Lipinski definition) is 1. The van der Waals surface area contributed by atoms with Gasteiger partial charge in [0, 0.05) is 29.4 Å². The van der Waals surface area contributed by atoms with Crippen molar-refractivity contribution in [2.24, 2.45) is 0 Å². The van der Waals surface area contributed by atoms with E-state index in [9.17, 15) is 0 Å². The van der Waals surface area contributed by atoms with E-state index in [0.29, 0.717) is 0 Å². The highest BCUT2D eigenvalue weighted by atomic mass is 32.2. The van der Waals surface area contributed by atoms with Crippen LogP contribution in [0.25, 0.3) is 0 Å². The third-order valence-electron chi connectivity index (χ3n) is 3.41. The van der Waals surface area contributed by atoms with Crippen LogP contribution >= 0.6 is 11.8 Å². The molecule has 0 atom stereocenters. The Kier molecular flexibility index (Phi) is 5.85. The van der Waals surface area contributed by atoms with Gasteiger partial charge in [0.1, 0.15) is 0 Å². The molecule has 2 rings (SSSR count). The average molecular weight is 264 g/mol. The number of aromatic nitrogens is 1. The summed E-state index contributed by atoms with van der Waals surface area (Å²) in [6.45, 7) is 3.23. The van der Waals surface area contributed by atoms with E-state index in [1.54, 1.807) is 0 Å². The fourth-order valence-corrected chi connectivity index (χ4v) is 3.60. The molecule has 1 heterocycles.